The van der Waals surface area contributed by atoms with Gasteiger partial charge in [-0.1, -0.05) is 24.3 Å². The SMILES string of the molecule is C=C(C)c1cc(Oc2cccc(COCC3CC3)c2)cc(F)c1CO. The lowest BCUT2D eigenvalue weighted by atomic mass is 10.0. The quantitative estimate of drug-likeness (QED) is 0.728. The zero-order chi connectivity index (χ0) is 17.8. The number of hydrogen-bond donors (Lipinski definition) is 1. The number of aliphatic hydroxyl groups excluding tert-OH is 1. The van der Waals surface area contributed by atoms with Crippen molar-refractivity contribution in [3.05, 3.63) is 65.5 Å². The molecule has 0 heterocycles. The van der Waals surface area contributed by atoms with Gasteiger partial charge in [0.05, 0.1) is 13.2 Å². The first-order valence-corrected chi connectivity index (χ1v) is 8.50. The first-order valence-electron chi connectivity index (χ1n) is 8.50. The Balaban J connectivity index is 1.73. The van der Waals surface area contributed by atoms with Gasteiger partial charge in [-0.3, -0.25) is 0 Å². The predicted octanol–water partition coefficient (Wildman–Crippen LogP) is 5.07. The van der Waals surface area contributed by atoms with Gasteiger partial charge in [0, 0.05) is 18.2 Å². The van der Waals surface area contributed by atoms with Crippen LogP contribution in [0.25, 0.3) is 5.57 Å². The summed E-state index contributed by atoms with van der Waals surface area (Å²) in [7, 11) is 0. The van der Waals surface area contributed by atoms with Crippen LogP contribution in [0.15, 0.2) is 43.0 Å². The second-order valence-electron chi connectivity index (χ2n) is 6.58. The summed E-state index contributed by atoms with van der Waals surface area (Å²) < 4.78 is 25.7. The summed E-state index contributed by atoms with van der Waals surface area (Å²) in [6, 6.07) is 10.6. The molecule has 3 nitrogen and oxygen atoms in total. The van der Waals surface area contributed by atoms with Crippen molar-refractivity contribution in [1.29, 1.82) is 0 Å². The molecule has 0 aromatic heterocycles. The van der Waals surface area contributed by atoms with E-state index in [9.17, 15) is 9.50 Å². The van der Waals surface area contributed by atoms with E-state index < -0.39 is 5.82 Å². The van der Waals surface area contributed by atoms with Crippen LogP contribution in [-0.4, -0.2) is 11.7 Å². The van der Waals surface area contributed by atoms with Crippen LogP contribution in [0.2, 0.25) is 0 Å². The molecule has 1 fully saturated rings. The smallest absolute Gasteiger partial charge is 0.133 e. The molecule has 1 aliphatic rings. The number of allylic oxidation sites excluding steroid dienone is 1. The fourth-order valence-electron chi connectivity index (χ4n) is 2.67. The summed E-state index contributed by atoms with van der Waals surface area (Å²) >= 11 is 0. The van der Waals surface area contributed by atoms with Crippen LogP contribution in [0.5, 0.6) is 11.5 Å². The molecule has 1 N–H and O–H groups in total. The maximum absolute atomic E-state index is 14.2. The molecule has 2 aromatic rings. The van der Waals surface area contributed by atoms with Gasteiger partial charge in [-0.15, -0.1) is 0 Å². The molecule has 1 aliphatic carbocycles. The summed E-state index contributed by atoms with van der Waals surface area (Å²) in [5.41, 5.74) is 2.50. The van der Waals surface area contributed by atoms with E-state index in [0.717, 1.165) is 18.1 Å². The summed E-state index contributed by atoms with van der Waals surface area (Å²) in [6.07, 6.45) is 2.53. The van der Waals surface area contributed by atoms with Gasteiger partial charge in [0.15, 0.2) is 0 Å². The largest absolute Gasteiger partial charge is 0.457 e. The Morgan fingerprint density at radius 1 is 1.24 bits per heavy atom. The number of halogens is 1. The van der Waals surface area contributed by atoms with Crippen LogP contribution in [0.1, 0.15) is 36.5 Å². The van der Waals surface area contributed by atoms with Crippen molar-refractivity contribution in [2.75, 3.05) is 6.61 Å². The molecule has 132 valence electrons. The Kier molecular flexibility index (Phi) is 5.51. The highest BCUT2D eigenvalue weighted by Gasteiger charge is 2.21. The lowest BCUT2D eigenvalue weighted by Crippen LogP contribution is -1.99. The second-order valence-corrected chi connectivity index (χ2v) is 6.58. The van der Waals surface area contributed by atoms with E-state index in [2.05, 4.69) is 6.58 Å². The van der Waals surface area contributed by atoms with E-state index in [0.29, 0.717) is 29.2 Å². The van der Waals surface area contributed by atoms with Gasteiger partial charge >= 0.3 is 0 Å². The van der Waals surface area contributed by atoms with Crippen molar-refractivity contribution in [3.63, 3.8) is 0 Å². The molecule has 1 saturated carbocycles. The van der Waals surface area contributed by atoms with E-state index in [1.54, 1.807) is 13.0 Å². The Morgan fingerprint density at radius 3 is 2.72 bits per heavy atom. The number of rotatable bonds is 8. The van der Waals surface area contributed by atoms with E-state index in [1.807, 2.05) is 24.3 Å². The van der Waals surface area contributed by atoms with Gasteiger partial charge in [-0.05, 0) is 55.0 Å². The molecule has 0 radical (unpaired) electrons. The zero-order valence-corrected chi connectivity index (χ0v) is 14.4. The minimum absolute atomic E-state index is 0.238. The van der Waals surface area contributed by atoms with Gasteiger partial charge in [0.25, 0.3) is 0 Å². The van der Waals surface area contributed by atoms with Crippen LogP contribution in [0.4, 0.5) is 4.39 Å². The molecule has 0 bridgehead atoms. The molecule has 0 spiro atoms. The molecule has 0 unspecified atom stereocenters. The molecule has 0 saturated heterocycles. The van der Waals surface area contributed by atoms with Crippen LogP contribution < -0.4 is 4.74 Å². The van der Waals surface area contributed by atoms with E-state index >= 15 is 0 Å². The fraction of sp³-hybridized carbons (Fsp3) is 0.333. The molecular formula is C21H23FO3. The third kappa shape index (κ3) is 4.68. The zero-order valence-electron chi connectivity index (χ0n) is 14.4. The predicted molar refractivity (Wildman–Crippen MR) is 95.9 cm³/mol. The molecule has 4 heteroatoms. The lowest BCUT2D eigenvalue weighted by Gasteiger charge is -2.13. The average molecular weight is 342 g/mol. The fourth-order valence-corrected chi connectivity index (χ4v) is 2.67. The van der Waals surface area contributed by atoms with Gasteiger partial charge in [-0.25, -0.2) is 4.39 Å². The Hall–Kier alpha value is -2.17. The molecule has 3 rings (SSSR count). The number of hydrogen-bond acceptors (Lipinski definition) is 3. The molecule has 0 atom stereocenters. The van der Waals surface area contributed by atoms with Gasteiger partial charge in [0.2, 0.25) is 0 Å². The Morgan fingerprint density at radius 2 is 2.04 bits per heavy atom. The van der Waals surface area contributed by atoms with Gasteiger partial charge in [0.1, 0.15) is 17.3 Å². The van der Waals surface area contributed by atoms with E-state index in [1.165, 1.54) is 18.9 Å². The monoisotopic (exact) mass is 342 g/mol. The topological polar surface area (TPSA) is 38.7 Å². The maximum Gasteiger partial charge on any atom is 0.133 e. The summed E-state index contributed by atoms with van der Waals surface area (Å²) in [4.78, 5) is 0. The highest BCUT2D eigenvalue weighted by atomic mass is 19.1. The highest BCUT2D eigenvalue weighted by molar-refractivity contribution is 5.66. The second kappa shape index (κ2) is 7.81. The molecular weight excluding hydrogens is 319 g/mol. The standard InChI is InChI=1S/C21H23FO3/c1-14(2)19-9-18(10-21(22)20(19)11-23)25-17-5-3-4-16(8-17)13-24-12-15-6-7-15/h3-5,8-10,15,23H,1,6-7,11-13H2,2H3. The third-order valence-electron chi connectivity index (χ3n) is 4.24. The van der Waals surface area contributed by atoms with Crippen LogP contribution in [-0.2, 0) is 18.0 Å². The Labute approximate surface area is 147 Å². The van der Waals surface area contributed by atoms with Crippen LogP contribution in [0, 0.1) is 11.7 Å². The Bertz CT molecular complexity index is 766. The van der Waals surface area contributed by atoms with E-state index in [-0.39, 0.29) is 12.2 Å². The number of benzene rings is 2. The summed E-state index contributed by atoms with van der Waals surface area (Å²) in [5, 5.41) is 9.36. The van der Waals surface area contributed by atoms with Crippen molar-refractivity contribution in [1.82, 2.24) is 0 Å². The van der Waals surface area contributed by atoms with Gasteiger partial charge < -0.3 is 14.6 Å². The molecule has 25 heavy (non-hydrogen) atoms. The first-order chi connectivity index (χ1) is 12.1. The minimum Gasteiger partial charge on any atom is -0.457 e. The van der Waals surface area contributed by atoms with Crippen molar-refractivity contribution >= 4 is 5.57 Å². The molecule has 0 amide bonds. The van der Waals surface area contributed by atoms with Crippen molar-refractivity contribution in [3.8, 4) is 11.5 Å². The molecule has 0 aliphatic heterocycles. The minimum atomic E-state index is -0.498. The number of ether oxygens (including phenoxy) is 2. The average Bonchev–Trinajstić information content (AvgIpc) is 3.39. The van der Waals surface area contributed by atoms with Gasteiger partial charge in [-0.2, -0.15) is 0 Å². The maximum atomic E-state index is 14.2. The first kappa shape index (κ1) is 17.6. The van der Waals surface area contributed by atoms with Crippen molar-refractivity contribution in [2.45, 2.75) is 33.0 Å². The van der Waals surface area contributed by atoms with Crippen LogP contribution in [0.3, 0.4) is 0 Å². The van der Waals surface area contributed by atoms with E-state index in [4.69, 9.17) is 9.47 Å². The van der Waals surface area contributed by atoms with Crippen LogP contribution >= 0.6 is 0 Å². The van der Waals surface area contributed by atoms with Crippen molar-refractivity contribution in [2.24, 2.45) is 5.92 Å². The summed E-state index contributed by atoms with van der Waals surface area (Å²) in [6.45, 7) is 6.59. The summed E-state index contributed by atoms with van der Waals surface area (Å²) in [5.74, 6) is 1.23. The highest BCUT2D eigenvalue weighted by Crippen LogP contribution is 2.31. The number of aliphatic hydroxyl groups is 1. The lowest BCUT2D eigenvalue weighted by molar-refractivity contribution is 0.111. The third-order valence-corrected chi connectivity index (χ3v) is 4.24. The normalized spacial score (nSPS) is 13.7. The van der Waals surface area contributed by atoms with Crippen molar-refractivity contribution < 1.29 is 19.0 Å². The molecule has 2 aromatic carbocycles.